The van der Waals surface area contributed by atoms with Gasteiger partial charge in [-0.25, -0.2) is 0 Å². The molecule has 2 saturated carbocycles. The van der Waals surface area contributed by atoms with E-state index in [4.69, 9.17) is 31.8 Å². The molecule has 0 aromatic heterocycles. The number of hydrogen-bond acceptors (Lipinski definition) is 7. The van der Waals surface area contributed by atoms with Crippen molar-refractivity contribution in [1.29, 1.82) is 0 Å². The van der Waals surface area contributed by atoms with Crippen molar-refractivity contribution in [3.8, 4) is 36.2 Å². The Labute approximate surface area is 222 Å². The zero-order chi connectivity index (χ0) is 27.0. The third-order valence-electron chi connectivity index (χ3n) is 6.91. The first-order chi connectivity index (χ1) is 18.4. The predicted molar refractivity (Wildman–Crippen MR) is 139 cm³/mol. The molecular formula is C31H30O7. The molecule has 1 saturated heterocycles. The lowest BCUT2D eigenvalue weighted by atomic mass is 9.97. The first-order valence-corrected chi connectivity index (χ1v) is 12.7. The van der Waals surface area contributed by atoms with Crippen molar-refractivity contribution in [3.63, 3.8) is 0 Å². The Hall–Kier alpha value is -4.23. The first-order valence-electron chi connectivity index (χ1n) is 12.7. The van der Waals surface area contributed by atoms with Gasteiger partial charge in [0.15, 0.2) is 0 Å². The second-order valence-electron chi connectivity index (χ2n) is 9.58. The van der Waals surface area contributed by atoms with E-state index in [9.17, 15) is 14.4 Å². The molecule has 1 aliphatic heterocycles. The number of rotatable bonds is 6. The zero-order valence-corrected chi connectivity index (χ0v) is 21.1. The van der Waals surface area contributed by atoms with Crippen LogP contribution in [-0.4, -0.2) is 36.7 Å². The van der Waals surface area contributed by atoms with Gasteiger partial charge in [-0.2, -0.15) is 0 Å². The van der Waals surface area contributed by atoms with E-state index in [0.717, 1.165) is 30.6 Å². The van der Waals surface area contributed by atoms with Crippen LogP contribution < -0.4 is 9.47 Å². The fourth-order valence-corrected chi connectivity index (χ4v) is 5.09. The van der Waals surface area contributed by atoms with E-state index in [0.29, 0.717) is 43.3 Å². The van der Waals surface area contributed by atoms with Crippen molar-refractivity contribution in [1.82, 2.24) is 0 Å². The van der Waals surface area contributed by atoms with Crippen LogP contribution >= 0.6 is 0 Å². The van der Waals surface area contributed by atoms with Crippen LogP contribution in [0.25, 0.3) is 0 Å². The van der Waals surface area contributed by atoms with E-state index in [1.54, 1.807) is 0 Å². The highest BCUT2D eigenvalue weighted by atomic mass is 16.7. The Morgan fingerprint density at radius 2 is 1.32 bits per heavy atom. The lowest BCUT2D eigenvalue weighted by Crippen LogP contribution is -2.43. The standard InChI is InChI=1S/C17H16O5.C14H14O2/c1-2-9-20-14-5-3-12(4-6-14)13-7-8-17(11-13)21-15(18)10-16(19)22-17;1-2-9-16-14-7-4-11(5-8-14)12-3-6-13(15)10-12/h1,3-6,13H,7-11H2;1,4-5,7-8,12H,3,6,9-10H2. The van der Waals surface area contributed by atoms with Gasteiger partial charge in [0.25, 0.3) is 5.79 Å². The van der Waals surface area contributed by atoms with Crippen LogP contribution in [0.3, 0.4) is 0 Å². The number of benzene rings is 2. The maximum absolute atomic E-state index is 11.5. The van der Waals surface area contributed by atoms with Gasteiger partial charge in [0.2, 0.25) is 0 Å². The molecule has 1 heterocycles. The summed E-state index contributed by atoms with van der Waals surface area (Å²) in [6.45, 7) is 0.527. The van der Waals surface area contributed by atoms with Gasteiger partial charge in [-0.3, -0.25) is 14.4 Å². The summed E-state index contributed by atoms with van der Waals surface area (Å²) in [5.74, 6) is 5.20. The molecule has 0 amide bonds. The predicted octanol–water partition coefficient (Wildman–Crippen LogP) is 4.69. The number of terminal acetylenes is 2. The molecule has 0 radical (unpaired) electrons. The van der Waals surface area contributed by atoms with Gasteiger partial charge in [-0.1, -0.05) is 36.1 Å². The fourth-order valence-electron chi connectivity index (χ4n) is 5.09. The largest absolute Gasteiger partial charge is 0.481 e. The molecule has 0 N–H and O–H groups in total. The molecule has 196 valence electrons. The Morgan fingerprint density at radius 3 is 1.79 bits per heavy atom. The van der Waals surface area contributed by atoms with Crippen LogP contribution in [0, 0.1) is 24.7 Å². The minimum atomic E-state index is -1.07. The number of hydrogen-bond donors (Lipinski definition) is 0. The highest BCUT2D eigenvalue weighted by Gasteiger charge is 2.49. The SMILES string of the molecule is C#CCOc1ccc(C2CCC(=O)C2)cc1.C#CCOc1ccc(C2CCC3(C2)OC(=O)CC(=O)O3)cc1. The second kappa shape index (κ2) is 12.3. The Balaban J connectivity index is 0.000000186. The lowest BCUT2D eigenvalue weighted by molar-refractivity contribution is -0.241. The number of carbonyl (C=O) groups excluding carboxylic acids is 3. The van der Waals surface area contributed by atoms with Crippen LogP contribution in [0.4, 0.5) is 0 Å². The van der Waals surface area contributed by atoms with Gasteiger partial charge in [-0.05, 0) is 60.1 Å². The quantitative estimate of drug-likeness (QED) is 0.314. The molecular weight excluding hydrogens is 484 g/mol. The summed E-state index contributed by atoms with van der Waals surface area (Å²) in [7, 11) is 0. The summed E-state index contributed by atoms with van der Waals surface area (Å²) in [6.07, 6.45) is 14.2. The highest BCUT2D eigenvalue weighted by molar-refractivity contribution is 5.93. The number of Topliss-reactive ketones (excluding diaryl/α,β-unsaturated/α-hetero) is 1. The number of ether oxygens (including phenoxy) is 4. The Bertz CT molecular complexity index is 1210. The molecule has 2 aromatic carbocycles. The average Bonchev–Trinajstić information content (AvgIpc) is 3.52. The summed E-state index contributed by atoms with van der Waals surface area (Å²) in [5.41, 5.74) is 2.32. The third kappa shape index (κ3) is 6.95. The van der Waals surface area contributed by atoms with Gasteiger partial charge < -0.3 is 18.9 Å². The van der Waals surface area contributed by atoms with Crippen molar-refractivity contribution in [2.24, 2.45) is 0 Å². The molecule has 2 unspecified atom stereocenters. The smallest absolute Gasteiger partial charge is 0.320 e. The molecule has 1 spiro atoms. The fraction of sp³-hybridized carbons (Fsp3) is 0.387. The van der Waals surface area contributed by atoms with Crippen LogP contribution in [0.2, 0.25) is 0 Å². The molecule has 5 rings (SSSR count). The van der Waals surface area contributed by atoms with Crippen LogP contribution in [0.15, 0.2) is 48.5 Å². The lowest BCUT2D eigenvalue weighted by Gasteiger charge is -2.32. The van der Waals surface area contributed by atoms with Crippen molar-refractivity contribution >= 4 is 17.7 Å². The average molecular weight is 515 g/mol. The maximum Gasteiger partial charge on any atom is 0.320 e. The molecule has 38 heavy (non-hydrogen) atoms. The monoisotopic (exact) mass is 514 g/mol. The Morgan fingerprint density at radius 1 is 0.789 bits per heavy atom. The topological polar surface area (TPSA) is 88.1 Å². The molecule has 2 atom stereocenters. The van der Waals surface area contributed by atoms with Gasteiger partial charge >= 0.3 is 11.9 Å². The minimum absolute atomic E-state index is 0.181. The van der Waals surface area contributed by atoms with E-state index in [2.05, 4.69) is 11.8 Å². The number of esters is 2. The zero-order valence-electron chi connectivity index (χ0n) is 21.1. The van der Waals surface area contributed by atoms with Crippen molar-refractivity contribution in [2.45, 2.75) is 62.6 Å². The van der Waals surface area contributed by atoms with Gasteiger partial charge in [-0.15, -0.1) is 12.8 Å². The number of ketones is 1. The summed E-state index contributed by atoms with van der Waals surface area (Å²) in [5, 5.41) is 0. The minimum Gasteiger partial charge on any atom is -0.481 e. The normalized spacial score (nSPS) is 21.4. The molecule has 7 nitrogen and oxygen atoms in total. The van der Waals surface area contributed by atoms with Crippen molar-refractivity contribution in [3.05, 3.63) is 59.7 Å². The van der Waals surface area contributed by atoms with E-state index in [-0.39, 0.29) is 18.9 Å². The van der Waals surface area contributed by atoms with Gasteiger partial charge in [0.1, 0.15) is 36.9 Å². The van der Waals surface area contributed by atoms with Crippen molar-refractivity contribution in [2.75, 3.05) is 13.2 Å². The summed E-state index contributed by atoms with van der Waals surface area (Å²) in [4.78, 5) is 34.1. The van der Waals surface area contributed by atoms with Crippen molar-refractivity contribution < 1.29 is 33.3 Å². The highest BCUT2D eigenvalue weighted by Crippen LogP contribution is 2.45. The molecule has 0 bridgehead atoms. The molecule has 2 aliphatic carbocycles. The molecule has 3 aliphatic rings. The van der Waals surface area contributed by atoms with E-state index >= 15 is 0 Å². The van der Waals surface area contributed by atoms with Crippen LogP contribution in [-0.2, 0) is 23.9 Å². The van der Waals surface area contributed by atoms with E-state index in [1.807, 2.05) is 48.5 Å². The Kier molecular flexibility index (Phi) is 8.71. The summed E-state index contributed by atoms with van der Waals surface area (Å²) >= 11 is 0. The molecule has 2 aromatic rings. The summed E-state index contributed by atoms with van der Waals surface area (Å²) < 4.78 is 21.2. The summed E-state index contributed by atoms with van der Waals surface area (Å²) in [6, 6.07) is 15.5. The van der Waals surface area contributed by atoms with Crippen LogP contribution in [0.5, 0.6) is 11.5 Å². The number of carbonyl (C=O) groups is 3. The van der Waals surface area contributed by atoms with Gasteiger partial charge in [0.05, 0.1) is 0 Å². The molecule has 3 fully saturated rings. The maximum atomic E-state index is 11.5. The second-order valence-corrected chi connectivity index (χ2v) is 9.58. The van der Waals surface area contributed by atoms with Crippen LogP contribution in [0.1, 0.15) is 67.9 Å². The third-order valence-corrected chi connectivity index (χ3v) is 6.91. The van der Waals surface area contributed by atoms with E-state index in [1.165, 1.54) is 5.56 Å². The first kappa shape index (κ1) is 26.8. The molecule has 7 heteroatoms. The van der Waals surface area contributed by atoms with Gasteiger partial charge in [0, 0.05) is 25.7 Å². The van der Waals surface area contributed by atoms with E-state index < -0.39 is 17.7 Å².